The van der Waals surface area contributed by atoms with E-state index in [2.05, 4.69) is 33.9 Å². The van der Waals surface area contributed by atoms with Crippen LogP contribution >= 0.6 is 28.6 Å². The van der Waals surface area contributed by atoms with Crippen molar-refractivity contribution in [3.63, 3.8) is 0 Å². The lowest BCUT2D eigenvalue weighted by Crippen LogP contribution is -2.15. The third kappa shape index (κ3) is 3.98. The summed E-state index contributed by atoms with van der Waals surface area (Å²) in [5.41, 5.74) is 0.847. The van der Waals surface area contributed by atoms with E-state index in [9.17, 15) is 9.18 Å². The topological polar surface area (TPSA) is 38.3 Å². The largest absolute Gasteiger partial charge is 0.444 e. The number of halogens is 2. The molecule has 0 fully saturated rings. The van der Waals surface area contributed by atoms with E-state index in [1.165, 1.54) is 6.07 Å². The highest BCUT2D eigenvalue weighted by molar-refractivity contribution is 9.10. The number of anilines is 1. The van der Waals surface area contributed by atoms with Crippen LogP contribution in [0.3, 0.4) is 0 Å². The molecule has 2 aromatic rings. The molecule has 0 aliphatic carbocycles. The fraction of sp³-hybridized carbons (Fsp3) is 0.0714. The van der Waals surface area contributed by atoms with Crippen molar-refractivity contribution in [2.45, 2.75) is 11.5 Å². The molecule has 0 saturated carbocycles. The van der Waals surface area contributed by atoms with Crippen LogP contribution in [0.15, 0.2) is 51.8 Å². The van der Waals surface area contributed by atoms with Crippen LogP contribution < -0.4 is 5.32 Å². The van der Waals surface area contributed by atoms with Crippen LogP contribution in [-0.4, -0.2) is 6.09 Å². The highest BCUT2D eigenvalue weighted by atomic mass is 79.9. The first kappa shape index (κ1) is 14.9. The van der Waals surface area contributed by atoms with Gasteiger partial charge in [0.05, 0.1) is 5.69 Å². The number of nitrogens with one attached hydrogen (secondary N) is 1. The predicted molar refractivity (Wildman–Crippen MR) is 81.6 cm³/mol. The molecule has 0 unspecified atom stereocenters. The van der Waals surface area contributed by atoms with Gasteiger partial charge in [0.25, 0.3) is 0 Å². The van der Waals surface area contributed by atoms with Gasteiger partial charge in [-0.25, -0.2) is 9.18 Å². The molecule has 1 amide bonds. The van der Waals surface area contributed by atoms with Crippen molar-refractivity contribution in [3.8, 4) is 0 Å². The Morgan fingerprint density at radius 2 is 2.00 bits per heavy atom. The fourth-order valence-corrected chi connectivity index (χ4v) is 2.45. The summed E-state index contributed by atoms with van der Waals surface area (Å²) >= 11 is 7.25. The fourth-order valence-electron chi connectivity index (χ4n) is 1.55. The van der Waals surface area contributed by atoms with Gasteiger partial charge in [0.1, 0.15) is 12.4 Å². The van der Waals surface area contributed by atoms with Gasteiger partial charge in [-0.15, -0.1) is 12.6 Å². The van der Waals surface area contributed by atoms with Gasteiger partial charge in [0.15, 0.2) is 0 Å². The molecule has 0 aliphatic rings. The molecule has 1 N–H and O–H groups in total. The summed E-state index contributed by atoms with van der Waals surface area (Å²) in [6, 6.07) is 12.0. The Morgan fingerprint density at radius 1 is 1.30 bits per heavy atom. The van der Waals surface area contributed by atoms with Gasteiger partial charge in [-0.05, 0) is 17.7 Å². The summed E-state index contributed by atoms with van der Waals surface area (Å²) in [6.07, 6.45) is -0.731. The minimum Gasteiger partial charge on any atom is -0.444 e. The normalized spacial score (nSPS) is 10.2. The predicted octanol–water partition coefficient (Wildman–Crippen LogP) is 4.63. The number of thiol groups is 1. The molecular weight excluding hydrogens is 345 g/mol. The maximum Gasteiger partial charge on any atom is 0.412 e. The van der Waals surface area contributed by atoms with Crippen LogP contribution in [0.4, 0.5) is 14.9 Å². The van der Waals surface area contributed by atoms with Crippen molar-refractivity contribution >= 4 is 40.3 Å². The zero-order valence-electron chi connectivity index (χ0n) is 10.3. The Balaban J connectivity index is 1.98. The molecule has 104 valence electrons. The van der Waals surface area contributed by atoms with Gasteiger partial charge < -0.3 is 4.74 Å². The molecule has 0 aliphatic heterocycles. The number of hydrogen-bond acceptors (Lipinski definition) is 3. The van der Waals surface area contributed by atoms with E-state index in [1.807, 2.05) is 30.3 Å². The van der Waals surface area contributed by atoms with Gasteiger partial charge in [-0.3, -0.25) is 5.32 Å². The van der Waals surface area contributed by atoms with Gasteiger partial charge in [0.2, 0.25) is 0 Å². The second-order valence-electron chi connectivity index (χ2n) is 3.97. The summed E-state index contributed by atoms with van der Waals surface area (Å²) in [7, 11) is 0. The van der Waals surface area contributed by atoms with Crippen LogP contribution in [0.2, 0.25) is 0 Å². The van der Waals surface area contributed by atoms with Crippen molar-refractivity contribution in [2.75, 3.05) is 5.32 Å². The Bertz CT molecular complexity index is 599. The molecule has 3 nitrogen and oxygen atoms in total. The van der Waals surface area contributed by atoms with E-state index in [4.69, 9.17) is 4.74 Å². The number of ether oxygens (including phenoxy) is 1. The molecule has 0 atom stereocenters. The summed E-state index contributed by atoms with van der Waals surface area (Å²) < 4.78 is 19.2. The number of carbonyl (C=O) groups is 1. The molecule has 0 heterocycles. The molecule has 0 saturated heterocycles. The Hall–Kier alpha value is -1.53. The molecule has 0 radical (unpaired) electrons. The minimum absolute atomic E-state index is 0.00500. The Labute approximate surface area is 129 Å². The van der Waals surface area contributed by atoms with E-state index in [-0.39, 0.29) is 12.3 Å². The summed E-state index contributed by atoms with van der Waals surface area (Å²) in [6.45, 7) is 0.118. The lowest BCUT2D eigenvalue weighted by atomic mass is 10.2. The van der Waals surface area contributed by atoms with E-state index in [0.717, 1.165) is 5.56 Å². The van der Waals surface area contributed by atoms with E-state index in [1.54, 1.807) is 6.07 Å². The first-order chi connectivity index (χ1) is 9.56. The first-order valence-electron chi connectivity index (χ1n) is 5.72. The average Bonchev–Trinajstić information content (AvgIpc) is 2.42. The third-order valence-electron chi connectivity index (χ3n) is 2.47. The van der Waals surface area contributed by atoms with Crippen LogP contribution in [0, 0.1) is 5.82 Å². The van der Waals surface area contributed by atoms with Crippen molar-refractivity contribution in [2.24, 2.45) is 0 Å². The molecule has 2 aromatic carbocycles. The second kappa shape index (κ2) is 6.76. The van der Waals surface area contributed by atoms with Crippen LogP contribution in [0.1, 0.15) is 5.56 Å². The van der Waals surface area contributed by atoms with Gasteiger partial charge >= 0.3 is 6.09 Å². The third-order valence-corrected chi connectivity index (χ3v) is 3.28. The summed E-state index contributed by atoms with van der Waals surface area (Å²) in [5.74, 6) is -0.582. The second-order valence-corrected chi connectivity index (χ2v) is 5.37. The number of rotatable bonds is 3. The summed E-state index contributed by atoms with van der Waals surface area (Å²) in [4.78, 5) is 11.9. The van der Waals surface area contributed by atoms with E-state index >= 15 is 0 Å². The maximum atomic E-state index is 13.7. The summed E-state index contributed by atoms with van der Waals surface area (Å²) in [5, 5.41) is 2.34. The standard InChI is InChI=1S/C14H11BrFNO2S/c15-10-6-11(16)13(12(20)7-10)17-14(18)19-8-9-4-2-1-3-5-9/h1-7,20H,8H2,(H,17,18). The van der Waals surface area contributed by atoms with Crippen LogP contribution in [0.5, 0.6) is 0 Å². The smallest absolute Gasteiger partial charge is 0.412 e. The van der Waals surface area contributed by atoms with Gasteiger partial charge in [-0.1, -0.05) is 46.3 Å². The zero-order chi connectivity index (χ0) is 14.5. The van der Waals surface area contributed by atoms with Crippen molar-refractivity contribution in [1.82, 2.24) is 0 Å². The number of amides is 1. The molecule has 20 heavy (non-hydrogen) atoms. The van der Waals surface area contributed by atoms with Crippen molar-refractivity contribution < 1.29 is 13.9 Å². The maximum absolute atomic E-state index is 13.7. The van der Waals surface area contributed by atoms with E-state index in [0.29, 0.717) is 9.37 Å². The minimum atomic E-state index is -0.731. The molecule has 6 heteroatoms. The SMILES string of the molecule is O=C(Nc1c(F)cc(Br)cc1S)OCc1ccccc1. The van der Waals surface area contributed by atoms with Crippen LogP contribution in [0.25, 0.3) is 0 Å². The molecule has 2 rings (SSSR count). The van der Waals surface area contributed by atoms with Crippen LogP contribution in [-0.2, 0) is 11.3 Å². The Kier molecular flexibility index (Phi) is 5.03. The highest BCUT2D eigenvalue weighted by Gasteiger charge is 2.12. The van der Waals surface area contributed by atoms with E-state index < -0.39 is 11.9 Å². The lowest BCUT2D eigenvalue weighted by Gasteiger charge is -2.10. The first-order valence-corrected chi connectivity index (χ1v) is 6.96. The Morgan fingerprint density at radius 3 is 2.65 bits per heavy atom. The van der Waals surface area contributed by atoms with Crippen molar-refractivity contribution in [3.05, 3.63) is 58.3 Å². The number of hydrogen-bond donors (Lipinski definition) is 2. The number of benzene rings is 2. The molecule has 0 aromatic heterocycles. The van der Waals surface area contributed by atoms with Crippen molar-refractivity contribution in [1.29, 1.82) is 0 Å². The monoisotopic (exact) mass is 355 g/mol. The van der Waals surface area contributed by atoms with Gasteiger partial charge in [0, 0.05) is 9.37 Å². The average molecular weight is 356 g/mol. The lowest BCUT2D eigenvalue weighted by molar-refractivity contribution is 0.155. The highest BCUT2D eigenvalue weighted by Crippen LogP contribution is 2.28. The zero-order valence-corrected chi connectivity index (χ0v) is 12.7. The number of carbonyl (C=O) groups excluding carboxylic acids is 1. The van der Waals surface area contributed by atoms with Gasteiger partial charge in [-0.2, -0.15) is 0 Å². The molecule has 0 spiro atoms. The quantitative estimate of drug-likeness (QED) is 0.788. The molecule has 0 bridgehead atoms. The molecular formula is C14H11BrFNO2S.